The van der Waals surface area contributed by atoms with Gasteiger partial charge in [-0.25, -0.2) is 0 Å². The van der Waals surface area contributed by atoms with Crippen LogP contribution in [0.1, 0.15) is 12.8 Å². The minimum absolute atomic E-state index is 0.175. The van der Waals surface area contributed by atoms with Crippen LogP contribution >= 0.6 is 15.9 Å². The van der Waals surface area contributed by atoms with Gasteiger partial charge in [0.25, 0.3) is 0 Å². The molecule has 0 saturated heterocycles. The molecular formula is C12H10BrF3O2. The highest BCUT2D eigenvalue weighted by Gasteiger charge is 2.31. The van der Waals surface area contributed by atoms with Crippen molar-refractivity contribution in [3.63, 3.8) is 0 Å². The molecule has 0 N–H and O–H groups in total. The first-order valence-corrected chi connectivity index (χ1v) is 5.83. The summed E-state index contributed by atoms with van der Waals surface area (Å²) in [6, 6.07) is 4.01. The number of hydrogen-bond acceptors (Lipinski definition) is 2. The van der Waals surface area contributed by atoms with Gasteiger partial charge < -0.3 is 9.47 Å². The van der Waals surface area contributed by atoms with Gasteiger partial charge in [0.1, 0.15) is 11.5 Å². The Balaban J connectivity index is 2.60. The van der Waals surface area contributed by atoms with Crippen LogP contribution in [-0.4, -0.2) is 13.0 Å². The summed E-state index contributed by atoms with van der Waals surface area (Å²) in [5, 5.41) is 0. The average molecular weight is 323 g/mol. The van der Waals surface area contributed by atoms with E-state index < -0.39 is 6.36 Å². The Morgan fingerprint density at radius 3 is 2.61 bits per heavy atom. The van der Waals surface area contributed by atoms with Gasteiger partial charge in [0.2, 0.25) is 0 Å². The topological polar surface area (TPSA) is 18.5 Å². The molecular weight excluding hydrogens is 313 g/mol. The molecule has 0 aliphatic rings. The van der Waals surface area contributed by atoms with Crippen LogP contribution in [0.5, 0.6) is 11.5 Å². The molecule has 1 aromatic carbocycles. The summed E-state index contributed by atoms with van der Waals surface area (Å²) >= 11 is 2.99. The van der Waals surface area contributed by atoms with E-state index in [1.165, 1.54) is 18.2 Å². The second-order valence-electron chi connectivity index (χ2n) is 3.30. The predicted molar refractivity (Wildman–Crippen MR) is 64.4 cm³/mol. The molecule has 1 rings (SSSR count). The van der Waals surface area contributed by atoms with E-state index in [2.05, 4.69) is 26.6 Å². The van der Waals surface area contributed by atoms with E-state index in [4.69, 9.17) is 11.2 Å². The van der Waals surface area contributed by atoms with Crippen molar-refractivity contribution in [1.82, 2.24) is 0 Å². The minimum Gasteiger partial charge on any atom is -0.494 e. The van der Waals surface area contributed by atoms with E-state index in [1.807, 2.05) is 0 Å². The van der Waals surface area contributed by atoms with Crippen molar-refractivity contribution in [1.29, 1.82) is 0 Å². The summed E-state index contributed by atoms with van der Waals surface area (Å²) in [4.78, 5) is 0. The molecule has 0 heterocycles. The van der Waals surface area contributed by atoms with Crippen molar-refractivity contribution >= 4 is 15.9 Å². The second kappa shape index (κ2) is 6.55. The van der Waals surface area contributed by atoms with Crippen molar-refractivity contribution in [2.24, 2.45) is 0 Å². The first-order valence-electron chi connectivity index (χ1n) is 5.04. The summed E-state index contributed by atoms with van der Waals surface area (Å²) in [7, 11) is 0. The normalized spacial score (nSPS) is 10.8. The highest BCUT2D eigenvalue weighted by molar-refractivity contribution is 9.10. The fourth-order valence-electron chi connectivity index (χ4n) is 1.14. The van der Waals surface area contributed by atoms with Crippen molar-refractivity contribution in [3.05, 3.63) is 22.7 Å². The lowest BCUT2D eigenvalue weighted by Crippen LogP contribution is -2.17. The molecule has 0 aliphatic heterocycles. The van der Waals surface area contributed by atoms with Crippen molar-refractivity contribution in [3.8, 4) is 23.8 Å². The Bertz CT molecular complexity index is 438. The van der Waals surface area contributed by atoms with E-state index in [0.29, 0.717) is 25.2 Å². The summed E-state index contributed by atoms with van der Waals surface area (Å²) in [5.41, 5.74) is 0. The molecule has 0 atom stereocenters. The zero-order valence-corrected chi connectivity index (χ0v) is 10.8. The van der Waals surface area contributed by atoms with Gasteiger partial charge in [-0.3, -0.25) is 0 Å². The average Bonchev–Trinajstić information content (AvgIpc) is 2.26. The molecule has 0 spiro atoms. The summed E-state index contributed by atoms with van der Waals surface area (Å²) in [5.74, 6) is 2.61. The first kappa shape index (κ1) is 14.7. The fourth-order valence-corrected chi connectivity index (χ4v) is 1.58. The molecule has 0 aliphatic carbocycles. The van der Waals surface area contributed by atoms with Gasteiger partial charge in [-0.1, -0.05) is 0 Å². The summed E-state index contributed by atoms with van der Waals surface area (Å²) < 4.78 is 45.3. The maximum atomic E-state index is 12.0. The smallest absolute Gasteiger partial charge is 0.494 e. The Kier molecular flexibility index (Phi) is 5.35. The lowest BCUT2D eigenvalue weighted by molar-refractivity contribution is -0.274. The van der Waals surface area contributed by atoms with Crippen molar-refractivity contribution < 1.29 is 22.6 Å². The van der Waals surface area contributed by atoms with Crippen molar-refractivity contribution in [2.75, 3.05) is 6.61 Å². The van der Waals surface area contributed by atoms with Gasteiger partial charge in [0.05, 0.1) is 11.1 Å². The van der Waals surface area contributed by atoms with Crippen LogP contribution in [0, 0.1) is 12.3 Å². The molecule has 0 fully saturated rings. The SMILES string of the molecule is C#CCCCOc1ccc(OC(F)(F)F)c(Br)c1. The van der Waals surface area contributed by atoms with E-state index in [1.54, 1.807) is 0 Å². The molecule has 1 aromatic rings. The molecule has 0 bridgehead atoms. The highest BCUT2D eigenvalue weighted by Crippen LogP contribution is 2.33. The van der Waals surface area contributed by atoms with Crippen LogP contribution in [0.3, 0.4) is 0 Å². The third kappa shape index (κ3) is 5.32. The highest BCUT2D eigenvalue weighted by atomic mass is 79.9. The molecule has 6 heteroatoms. The van der Waals surface area contributed by atoms with Crippen LogP contribution in [0.15, 0.2) is 22.7 Å². The first-order chi connectivity index (χ1) is 8.42. The van der Waals surface area contributed by atoms with Crippen molar-refractivity contribution in [2.45, 2.75) is 19.2 Å². The zero-order valence-electron chi connectivity index (χ0n) is 9.26. The van der Waals surface area contributed by atoms with E-state index >= 15 is 0 Å². The predicted octanol–water partition coefficient (Wildman–Crippen LogP) is 4.14. The third-order valence-corrected chi connectivity index (χ3v) is 2.48. The zero-order chi connectivity index (χ0) is 13.6. The Labute approximate surface area is 111 Å². The van der Waals surface area contributed by atoms with Gasteiger partial charge >= 0.3 is 6.36 Å². The molecule has 0 radical (unpaired) electrons. The monoisotopic (exact) mass is 322 g/mol. The number of rotatable bonds is 5. The number of alkyl halides is 3. The Morgan fingerprint density at radius 2 is 2.06 bits per heavy atom. The van der Waals surface area contributed by atoms with Gasteiger partial charge in [-0.05, 0) is 40.5 Å². The minimum atomic E-state index is -4.71. The lowest BCUT2D eigenvalue weighted by atomic mass is 10.3. The number of terminal acetylenes is 1. The molecule has 0 aromatic heterocycles. The second-order valence-corrected chi connectivity index (χ2v) is 4.15. The molecule has 98 valence electrons. The van der Waals surface area contributed by atoms with Gasteiger partial charge in [-0.2, -0.15) is 0 Å². The number of hydrogen-bond donors (Lipinski definition) is 0. The van der Waals surface area contributed by atoms with E-state index in [9.17, 15) is 13.2 Å². The van der Waals surface area contributed by atoms with Gasteiger partial charge in [0.15, 0.2) is 0 Å². The quantitative estimate of drug-likeness (QED) is 0.599. The Morgan fingerprint density at radius 1 is 1.33 bits per heavy atom. The maximum Gasteiger partial charge on any atom is 0.573 e. The van der Waals surface area contributed by atoms with Crippen LogP contribution < -0.4 is 9.47 Å². The fraction of sp³-hybridized carbons (Fsp3) is 0.333. The molecule has 0 unspecified atom stereocenters. The molecule has 18 heavy (non-hydrogen) atoms. The summed E-state index contributed by atoms with van der Waals surface area (Å²) in [6.45, 7) is 0.413. The molecule has 0 amide bonds. The number of ether oxygens (including phenoxy) is 2. The van der Waals surface area contributed by atoms with Gasteiger partial charge in [-0.15, -0.1) is 25.5 Å². The van der Waals surface area contributed by atoms with E-state index in [0.717, 1.165) is 0 Å². The van der Waals surface area contributed by atoms with Crippen LogP contribution in [0.25, 0.3) is 0 Å². The number of benzene rings is 1. The molecule has 0 saturated carbocycles. The largest absolute Gasteiger partial charge is 0.573 e. The van der Waals surface area contributed by atoms with Crippen LogP contribution in [0.4, 0.5) is 13.2 Å². The third-order valence-electron chi connectivity index (χ3n) is 1.86. The standard InChI is InChI=1S/C12H10BrF3O2/c1-2-3-4-7-17-9-5-6-11(10(13)8-9)18-12(14,15)16/h1,5-6,8H,3-4,7H2. The maximum absolute atomic E-state index is 12.0. The number of halogens is 4. The van der Waals surface area contributed by atoms with E-state index in [-0.39, 0.29) is 10.2 Å². The van der Waals surface area contributed by atoms with Crippen LogP contribution in [-0.2, 0) is 0 Å². The lowest BCUT2D eigenvalue weighted by Gasteiger charge is -2.12. The number of unbranched alkanes of at least 4 members (excludes halogenated alkanes) is 1. The van der Waals surface area contributed by atoms with Crippen LogP contribution in [0.2, 0.25) is 0 Å². The summed E-state index contributed by atoms with van der Waals surface area (Å²) in [6.07, 6.45) is 1.65. The van der Waals surface area contributed by atoms with Gasteiger partial charge in [0, 0.05) is 6.42 Å². The Hall–Kier alpha value is -1.35. The molecule has 2 nitrogen and oxygen atoms in total.